The van der Waals surface area contributed by atoms with Crippen LogP contribution in [0.5, 0.6) is 0 Å². The summed E-state index contributed by atoms with van der Waals surface area (Å²) in [5.41, 5.74) is 6.72. The topological polar surface area (TPSA) is 61.0 Å². The number of nitrogens with zero attached hydrogens (tertiary/aromatic N) is 2. The molecule has 0 saturated carbocycles. The van der Waals surface area contributed by atoms with Gasteiger partial charge in [0.15, 0.2) is 5.82 Å². The number of methoxy groups -OCH3 is 1. The molecular formula is C11H12IN3OS. The zero-order valence-corrected chi connectivity index (χ0v) is 12.5. The number of rotatable bonds is 3. The summed E-state index contributed by atoms with van der Waals surface area (Å²) in [5, 5.41) is 0. The minimum absolute atomic E-state index is 0.447. The van der Waals surface area contributed by atoms with Gasteiger partial charge in [-0.25, -0.2) is 9.97 Å². The number of aromatic nitrogens is 2. The molecule has 4 nitrogen and oxygen atoms in total. The van der Waals surface area contributed by atoms with Crippen molar-refractivity contribution in [1.29, 1.82) is 0 Å². The zero-order chi connectivity index (χ0) is 12.4. The Hall–Kier alpha value is -0.730. The molecule has 0 fully saturated rings. The molecule has 17 heavy (non-hydrogen) atoms. The maximum atomic E-state index is 5.89. The van der Waals surface area contributed by atoms with Gasteiger partial charge in [0.1, 0.15) is 5.82 Å². The normalized spacial score (nSPS) is 10.8. The highest BCUT2D eigenvalue weighted by molar-refractivity contribution is 14.1. The fourth-order valence-electron chi connectivity index (χ4n) is 1.41. The third-order valence-corrected chi connectivity index (χ3v) is 4.36. The van der Waals surface area contributed by atoms with Crippen molar-refractivity contribution in [3.63, 3.8) is 0 Å². The maximum absolute atomic E-state index is 5.89. The quantitative estimate of drug-likeness (QED) is 0.855. The van der Waals surface area contributed by atoms with Crippen molar-refractivity contribution in [3.8, 4) is 10.7 Å². The van der Waals surface area contributed by atoms with E-state index in [1.165, 1.54) is 4.88 Å². The molecule has 2 aromatic rings. The summed E-state index contributed by atoms with van der Waals surface area (Å²) in [7, 11) is 1.64. The maximum Gasteiger partial charge on any atom is 0.172 e. The van der Waals surface area contributed by atoms with Crippen LogP contribution in [-0.4, -0.2) is 17.1 Å². The lowest BCUT2D eigenvalue weighted by Crippen LogP contribution is -2.05. The third kappa shape index (κ3) is 2.75. The van der Waals surface area contributed by atoms with Gasteiger partial charge in [-0.05, 0) is 41.6 Å². The average Bonchev–Trinajstić information content (AvgIpc) is 2.71. The minimum atomic E-state index is 0.447. The fraction of sp³-hybridized carbons (Fsp3) is 0.273. The molecule has 0 spiro atoms. The van der Waals surface area contributed by atoms with E-state index in [-0.39, 0.29) is 0 Å². The van der Waals surface area contributed by atoms with Crippen molar-refractivity contribution >= 4 is 39.7 Å². The number of halogens is 1. The Morgan fingerprint density at radius 2 is 2.18 bits per heavy atom. The van der Waals surface area contributed by atoms with Crippen LogP contribution in [0.1, 0.15) is 10.6 Å². The highest BCUT2D eigenvalue weighted by Crippen LogP contribution is 2.27. The first-order valence-electron chi connectivity index (χ1n) is 4.99. The van der Waals surface area contributed by atoms with Crippen LogP contribution in [0.3, 0.4) is 0 Å². The lowest BCUT2D eigenvalue weighted by atomic mass is 10.3. The van der Waals surface area contributed by atoms with Crippen molar-refractivity contribution in [2.45, 2.75) is 13.5 Å². The second-order valence-electron chi connectivity index (χ2n) is 3.54. The molecule has 6 heteroatoms. The predicted molar refractivity (Wildman–Crippen MR) is 77.9 cm³/mol. The first kappa shape index (κ1) is 12.7. The molecule has 0 amide bonds. The molecule has 0 saturated heterocycles. The molecule has 0 aliphatic rings. The Labute approximate surface area is 117 Å². The summed E-state index contributed by atoms with van der Waals surface area (Å²) in [6.45, 7) is 2.50. The zero-order valence-electron chi connectivity index (χ0n) is 9.53. The molecular weight excluding hydrogens is 349 g/mol. The second kappa shape index (κ2) is 5.28. The van der Waals surface area contributed by atoms with E-state index in [2.05, 4.69) is 39.5 Å². The van der Waals surface area contributed by atoms with E-state index in [1.807, 2.05) is 12.1 Å². The molecule has 0 aliphatic carbocycles. The molecule has 0 unspecified atom stereocenters. The van der Waals surface area contributed by atoms with Crippen LogP contribution in [-0.2, 0) is 11.3 Å². The third-order valence-electron chi connectivity index (χ3n) is 2.19. The van der Waals surface area contributed by atoms with Gasteiger partial charge in [0.25, 0.3) is 0 Å². The Balaban J connectivity index is 2.48. The summed E-state index contributed by atoms with van der Waals surface area (Å²) in [5.74, 6) is 1.18. The number of nitrogens with two attached hydrogens (primary N) is 1. The van der Waals surface area contributed by atoms with Gasteiger partial charge < -0.3 is 10.5 Å². The van der Waals surface area contributed by atoms with Crippen LogP contribution >= 0.6 is 33.9 Å². The van der Waals surface area contributed by atoms with E-state index in [0.717, 1.165) is 14.1 Å². The van der Waals surface area contributed by atoms with E-state index in [0.29, 0.717) is 18.2 Å². The number of thiophene rings is 1. The second-order valence-corrected chi connectivity index (χ2v) is 5.90. The first-order chi connectivity index (χ1) is 8.11. The van der Waals surface area contributed by atoms with Crippen molar-refractivity contribution < 1.29 is 4.74 Å². The smallest absolute Gasteiger partial charge is 0.172 e. The monoisotopic (exact) mass is 361 g/mol. The van der Waals surface area contributed by atoms with Gasteiger partial charge in [-0.2, -0.15) is 0 Å². The van der Waals surface area contributed by atoms with E-state index >= 15 is 0 Å². The van der Waals surface area contributed by atoms with Gasteiger partial charge >= 0.3 is 0 Å². The standard InChI is InChI=1S/C11H12IN3OS/c1-6-3-4-8(17-6)11-14-7(5-16-2)9(12)10(13)15-11/h3-4H,5H2,1-2H3,(H2,13,14,15). The van der Waals surface area contributed by atoms with E-state index < -0.39 is 0 Å². The van der Waals surface area contributed by atoms with Crippen molar-refractivity contribution in [3.05, 3.63) is 26.3 Å². The molecule has 0 aliphatic heterocycles. The molecule has 90 valence electrons. The van der Waals surface area contributed by atoms with E-state index in [1.54, 1.807) is 18.4 Å². The highest BCUT2D eigenvalue weighted by Gasteiger charge is 2.12. The van der Waals surface area contributed by atoms with Crippen molar-refractivity contribution in [2.75, 3.05) is 12.8 Å². The molecule has 0 atom stereocenters. The number of ether oxygens (including phenoxy) is 1. The van der Waals surface area contributed by atoms with Crippen LogP contribution in [0.4, 0.5) is 5.82 Å². The Kier molecular flexibility index (Phi) is 3.95. The van der Waals surface area contributed by atoms with Crippen LogP contribution < -0.4 is 5.73 Å². The Morgan fingerprint density at radius 1 is 1.41 bits per heavy atom. The van der Waals surface area contributed by atoms with Gasteiger partial charge in [0.05, 0.1) is 20.7 Å². The first-order valence-corrected chi connectivity index (χ1v) is 6.89. The van der Waals surface area contributed by atoms with Gasteiger partial charge in [-0.3, -0.25) is 0 Å². The summed E-state index contributed by atoms with van der Waals surface area (Å²) in [4.78, 5) is 11.1. The summed E-state index contributed by atoms with van der Waals surface area (Å²) in [6, 6.07) is 4.06. The molecule has 2 N–H and O–H groups in total. The van der Waals surface area contributed by atoms with Gasteiger partial charge in [-0.1, -0.05) is 0 Å². The lowest BCUT2D eigenvalue weighted by Gasteiger charge is -2.07. The molecule has 2 heterocycles. The summed E-state index contributed by atoms with van der Waals surface area (Å²) in [6.07, 6.45) is 0. The van der Waals surface area contributed by atoms with Gasteiger partial charge in [0, 0.05) is 12.0 Å². The predicted octanol–water partition coefficient (Wildman–Crippen LogP) is 2.85. The van der Waals surface area contributed by atoms with Crippen LogP contribution in [0.2, 0.25) is 0 Å². The minimum Gasteiger partial charge on any atom is -0.383 e. The van der Waals surface area contributed by atoms with Gasteiger partial charge in [-0.15, -0.1) is 11.3 Å². The number of anilines is 1. The van der Waals surface area contributed by atoms with Crippen LogP contribution in [0.15, 0.2) is 12.1 Å². The molecule has 0 bridgehead atoms. The molecule has 0 aromatic carbocycles. The molecule has 2 rings (SSSR count). The number of hydrogen-bond acceptors (Lipinski definition) is 5. The van der Waals surface area contributed by atoms with E-state index in [9.17, 15) is 0 Å². The summed E-state index contributed by atoms with van der Waals surface area (Å²) < 4.78 is 5.98. The van der Waals surface area contributed by atoms with E-state index in [4.69, 9.17) is 10.5 Å². The number of aryl methyl sites for hydroxylation is 1. The van der Waals surface area contributed by atoms with Crippen molar-refractivity contribution in [2.24, 2.45) is 0 Å². The molecule has 0 radical (unpaired) electrons. The fourth-order valence-corrected chi connectivity index (χ4v) is 2.61. The van der Waals surface area contributed by atoms with Crippen LogP contribution in [0, 0.1) is 10.5 Å². The number of nitrogen functional groups attached to an aromatic ring is 1. The Morgan fingerprint density at radius 3 is 2.76 bits per heavy atom. The highest BCUT2D eigenvalue weighted by atomic mass is 127. The SMILES string of the molecule is COCc1nc(-c2ccc(C)s2)nc(N)c1I. The van der Waals surface area contributed by atoms with Crippen molar-refractivity contribution in [1.82, 2.24) is 9.97 Å². The van der Waals surface area contributed by atoms with Gasteiger partial charge in [0.2, 0.25) is 0 Å². The summed E-state index contributed by atoms with van der Waals surface area (Å²) >= 11 is 3.80. The number of hydrogen-bond donors (Lipinski definition) is 1. The Bertz CT molecular complexity index is 542. The van der Waals surface area contributed by atoms with Crippen LogP contribution in [0.25, 0.3) is 10.7 Å². The molecule has 2 aromatic heterocycles. The lowest BCUT2D eigenvalue weighted by molar-refractivity contribution is 0.181. The largest absolute Gasteiger partial charge is 0.383 e. The average molecular weight is 361 g/mol.